The molecule has 7 N–H and O–H groups in total. The van der Waals surface area contributed by atoms with Crippen LogP contribution in [0, 0.1) is 24.7 Å². The minimum atomic E-state index is -0.836. The number of benzene rings is 2. The number of thiazole rings is 1. The van der Waals surface area contributed by atoms with Crippen molar-refractivity contribution >= 4 is 51.8 Å². The van der Waals surface area contributed by atoms with Crippen molar-refractivity contribution in [2.24, 2.45) is 17.8 Å². The molecular formula is C62H79N13O7S. The third-order valence-corrected chi connectivity index (χ3v) is 19.3. The molecule has 1 saturated carbocycles. The van der Waals surface area contributed by atoms with Crippen LogP contribution in [0.25, 0.3) is 21.7 Å². The van der Waals surface area contributed by atoms with E-state index in [2.05, 4.69) is 62.4 Å². The minimum Gasteiger partial charge on any atom is -0.507 e. The van der Waals surface area contributed by atoms with Crippen molar-refractivity contribution in [3.05, 3.63) is 95.5 Å². The Labute approximate surface area is 489 Å². The van der Waals surface area contributed by atoms with Crippen LogP contribution in [0.5, 0.6) is 11.6 Å². The molecule has 5 aliphatic heterocycles. The fraction of sp³-hybridized carbons (Fsp3) is 0.532. The predicted octanol–water partition coefficient (Wildman–Crippen LogP) is 7.82. The number of carbonyl (C=O) groups is 2. The Bertz CT molecular complexity index is 3250. The van der Waals surface area contributed by atoms with Gasteiger partial charge in [0.15, 0.2) is 17.4 Å². The van der Waals surface area contributed by atoms with Crippen LogP contribution in [-0.4, -0.2) is 153 Å². The number of hydrogen-bond donors (Lipinski definition) is 5. The van der Waals surface area contributed by atoms with Crippen molar-refractivity contribution < 1.29 is 33.8 Å². The molecule has 440 valence electrons. The minimum absolute atomic E-state index is 0.0635. The van der Waals surface area contributed by atoms with E-state index in [-0.39, 0.29) is 66.8 Å². The number of nitrogen functional groups attached to an aromatic ring is 2. The van der Waals surface area contributed by atoms with E-state index < -0.39 is 18.1 Å². The number of ether oxygens (including phenoxy) is 2. The number of aliphatic hydroxyl groups excluding tert-OH is 1. The Balaban J connectivity index is 0.568. The van der Waals surface area contributed by atoms with E-state index in [1.807, 2.05) is 76.4 Å². The number of amides is 2. The van der Waals surface area contributed by atoms with E-state index in [9.17, 15) is 19.8 Å². The molecule has 1 aliphatic carbocycles. The fourth-order valence-corrected chi connectivity index (χ4v) is 14.5. The van der Waals surface area contributed by atoms with Crippen LogP contribution in [-0.2, 0) is 14.3 Å². The van der Waals surface area contributed by atoms with Gasteiger partial charge in [-0.2, -0.15) is 0 Å². The average Bonchev–Trinajstić information content (AvgIpc) is 4.48. The smallest absolute Gasteiger partial charge is 0.243 e. The van der Waals surface area contributed by atoms with Gasteiger partial charge in [-0.25, -0.2) is 9.97 Å². The lowest BCUT2D eigenvalue weighted by Gasteiger charge is -2.41. The molecular weight excluding hydrogens is 1070 g/mol. The number of likely N-dealkylation sites (tertiary alicyclic amines) is 2. The van der Waals surface area contributed by atoms with Gasteiger partial charge in [0.05, 0.1) is 51.8 Å². The second kappa shape index (κ2) is 24.3. The van der Waals surface area contributed by atoms with Gasteiger partial charge in [-0.1, -0.05) is 43.3 Å². The molecule has 2 aromatic carbocycles. The van der Waals surface area contributed by atoms with Crippen LogP contribution in [0.3, 0.4) is 0 Å². The maximum absolute atomic E-state index is 14.4. The van der Waals surface area contributed by atoms with Crippen LogP contribution in [0.4, 0.5) is 28.7 Å². The summed E-state index contributed by atoms with van der Waals surface area (Å²) in [6, 6.07) is 20.1. The molecule has 20 nitrogen and oxygen atoms in total. The summed E-state index contributed by atoms with van der Waals surface area (Å²) in [4.78, 5) is 49.5. The van der Waals surface area contributed by atoms with Crippen LogP contribution in [0.2, 0.25) is 0 Å². The standard InChI is InChI=1S/C62H79N13O7S/c1-36(2)58(62(79)75-34-44(76)26-53(75)61(78)67-37(3)41-9-10-48(50(63)24-41)59-38(4)66-35-83-59)55-30-56(70-82-55)72-20-12-39(13-21-72)31-71-18-15-45(16-19-71)80-46-27-47(28-46)81-57-25-42(11-17-65-57)74-32-40-14-22-73(33-43(74)23-40)52-29-51(68-69-60(52)64)49-7-5-6-8-54(49)77/h5-11,17,24-25,29-30,35-37,39-40,43-47,53,58,76-77H,12-16,18-23,26-28,31-34,63H2,1-4H3,(H2,64,69)(H,67,78)/t37-,40?,43?,44+,46?,47?,53-,58+/m0/s1. The number of nitrogens with one attached hydrogen (secondary N) is 1. The number of nitrogens with two attached hydrogens (primary N) is 2. The highest BCUT2D eigenvalue weighted by Gasteiger charge is 2.44. The lowest BCUT2D eigenvalue weighted by Crippen LogP contribution is -2.48. The molecule has 0 radical (unpaired) electrons. The number of carbonyl (C=O) groups excluding carboxylic acids is 2. The van der Waals surface area contributed by atoms with E-state index in [1.54, 1.807) is 17.6 Å². The summed E-state index contributed by atoms with van der Waals surface area (Å²) in [5.74, 6) is 2.15. The highest BCUT2D eigenvalue weighted by atomic mass is 32.1. The SMILES string of the molecule is Cc1ncsc1-c1ccc([C@H](C)NC(=O)[C@@H]2C[C@@H](O)CN2C(=O)[C@@H](c2cc(N3CCC(CN4CCC(OC5CC(Oc6cc(N7CC8CCN(c9cc(-c%10ccccc%10O)nnc9N)CC7C8)ccn6)C5)CC4)CC3)no2)C(C)C)cc1N. The van der Waals surface area contributed by atoms with E-state index in [1.165, 1.54) is 16.2 Å². The summed E-state index contributed by atoms with van der Waals surface area (Å²) in [6.45, 7) is 15.4. The maximum Gasteiger partial charge on any atom is 0.243 e. The van der Waals surface area contributed by atoms with E-state index in [0.717, 1.165) is 143 Å². The fourth-order valence-electron chi connectivity index (χ4n) is 13.6. The second-order valence-electron chi connectivity index (χ2n) is 24.5. The summed E-state index contributed by atoms with van der Waals surface area (Å²) in [6.07, 6.45) is 9.73. The number of phenolic OH excluding ortho intramolecular Hbond substituents is 1. The number of para-hydroxylation sites is 1. The number of rotatable bonds is 17. The molecule has 83 heavy (non-hydrogen) atoms. The number of hydrogen-bond acceptors (Lipinski definition) is 19. The highest BCUT2D eigenvalue weighted by molar-refractivity contribution is 7.13. The molecule has 2 bridgehead atoms. The first-order valence-electron chi connectivity index (χ1n) is 29.9. The quantitative estimate of drug-likeness (QED) is 0.0546. The van der Waals surface area contributed by atoms with Crippen LogP contribution >= 0.6 is 11.3 Å². The van der Waals surface area contributed by atoms with Gasteiger partial charge >= 0.3 is 0 Å². The zero-order chi connectivity index (χ0) is 57.5. The van der Waals surface area contributed by atoms with Gasteiger partial charge in [0.2, 0.25) is 17.7 Å². The van der Waals surface area contributed by atoms with Gasteiger partial charge in [-0.05, 0) is 106 Å². The molecule has 4 aromatic heterocycles. The van der Waals surface area contributed by atoms with Crippen LogP contribution in [0.15, 0.2) is 83.0 Å². The second-order valence-corrected chi connectivity index (χ2v) is 25.3. The summed E-state index contributed by atoms with van der Waals surface area (Å²) in [5, 5.41) is 37.5. The van der Waals surface area contributed by atoms with Crippen molar-refractivity contribution in [3.63, 3.8) is 0 Å². The molecule has 2 amide bonds. The number of aromatic hydroxyl groups is 1. The molecule has 0 spiro atoms. The number of β-amino-alcohol motifs (C(OH)–C–C–N with tert-alkyl or cyclic N) is 1. The number of aryl methyl sites for hydroxylation is 1. The van der Waals surface area contributed by atoms with Gasteiger partial charge in [0.25, 0.3) is 0 Å². The topological polar surface area (TPSA) is 251 Å². The van der Waals surface area contributed by atoms with Gasteiger partial charge in [0, 0.05) is 125 Å². The van der Waals surface area contributed by atoms with Gasteiger partial charge in [-0.3, -0.25) is 9.59 Å². The van der Waals surface area contributed by atoms with Gasteiger partial charge in [-0.15, -0.1) is 21.5 Å². The van der Waals surface area contributed by atoms with Crippen molar-refractivity contribution in [1.82, 2.24) is 40.4 Å². The molecule has 21 heteroatoms. The molecule has 2 unspecified atom stereocenters. The van der Waals surface area contributed by atoms with Crippen molar-refractivity contribution in [1.29, 1.82) is 0 Å². The van der Waals surface area contributed by atoms with Gasteiger partial charge < -0.3 is 65.5 Å². The molecule has 6 aromatic rings. The van der Waals surface area contributed by atoms with E-state index in [4.69, 9.17) is 25.5 Å². The molecule has 12 rings (SSSR count). The van der Waals surface area contributed by atoms with E-state index in [0.29, 0.717) is 46.2 Å². The summed E-state index contributed by atoms with van der Waals surface area (Å²) < 4.78 is 19.1. The van der Waals surface area contributed by atoms with Gasteiger partial charge in [0.1, 0.15) is 23.8 Å². The highest BCUT2D eigenvalue weighted by Crippen LogP contribution is 2.41. The Morgan fingerprint density at radius 3 is 2.39 bits per heavy atom. The first-order chi connectivity index (χ1) is 40.2. The summed E-state index contributed by atoms with van der Waals surface area (Å²) >= 11 is 1.54. The number of anilines is 5. The number of aliphatic hydroxyl groups is 1. The number of aromatic nitrogens is 5. The number of pyridine rings is 1. The van der Waals surface area contributed by atoms with Crippen molar-refractivity contribution in [3.8, 4) is 33.3 Å². The number of piperidine rings is 2. The normalized spacial score (nSPS) is 24.2. The Morgan fingerprint density at radius 1 is 0.831 bits per heavy atom. The molecule has 9 heterocycles. The number of fused-ring (bicyclic) bond motifs is 2. The maximum atomic E-state index is 14.4. The van der Waals surface area contributed by atoms with Crippen molar-refractivity contribution in [2.75, 3.05) is 85.1 Å². The van der Waals surface area contributed by atoms with Crippen LogP contribution in [0.1, 0.15) is 108 Å². The third-order valence-electron chi connectivity index (χ3n) is 18.4. The molecule has 6 aliphatic rings. The van der Waals surface area contributed by atoms with E-state index >= 15 is 0 Å². The number of nitrogens with zero attached hydrogens (tertiary/aromatic N) is 10. The zero-order valence-electron chi connectivity index (χ0n) is 48.1. The summed E-state index contributed by atoms with van der Waals surface area (Å²) in [5.41, 5.74) is 21.2. The number of phenols is 1. The Morgan fingerprint density at radius 2 is 1.63 bits per heavy atom. The predicted molar refractivity (Wildman–Crippen MR) is 320 cm³/mol. The Hall–Kier alpha value is -7.07. The average molecular weight is 1150 g/mol. The summed E-state index contributed by atoms with van der Waals surface area (Å²) in [7, 11) is 0. The third kappa shape index (κ3) is 12.3. The first-order valence-corrected chi connectivity index (χ1v) is 30.8. The lowest BCUT2D eigenvalue weighted by molar-refractivity contribution is -0.141. The molecule has 6 atom stereocenters. The lowest BCUT2D eigenvalue weighted by atomic mass is 9.91. The van der Waals surface area contributed by atoms with Crippen LogP contribution < -0.4 is 36.2 Å². The molecule has 6 fully saturated rings. The monoisotopic (exact) mass is 1150 g/mol. The largest absolute Gasteiger partial charge is 0.507 e. The molecule has 5 saturated heterocycles. The Kier molecular flexibility index (Phi) is 16.5. The zero-order valence-corrected chi connectivity index (χ0v) is 48.9. The van der Waals surface area contributed by atoms with Crippen molar-refractivity contribution in [2.45, 2.75) is 134 Å². The first kappa shape index (κ1) is 56.4.